The zero-order valence-electron chi connectivity index (χ0n) is 15.2. The van der Waals surface area contributed by atoms with E-state index in [1.165, 1.54) is 0 Å². The van der Waals surface area contributed by atoms with Gasteiger partial charge in [0.15, 0.2) is 0 Å². The molecule has 8 nitrogen and oxygen atoms in total. The summed E-state index contributed by atoms with van der Waals surface area (Å²) in [6, 6.07) is 17.1. The minimum atomic E-state index is -0.202. The van der Waals surface area contributed by atoms with Gasteiger partial charge in [-0.3, -0.25) is 14.8 Å². The van der Waals surface area contributed by atoms with Crippen LogP contribution in [0.15, 0.2) is 72.0 Å². The maximum atomic E-state index is 12.8. The fourth-order valence-corrected chi connectivity index (χ4v) is 3.30. The van der Waals surface area contributed by atoms with Gasteiger partial charge in [-0.2, -0.15) is 5.21 Å². The maximum absolute atomic E-state index is 12.8. The van der Waals surface area contributed by atoms with Crippen LogP contribution in [0.25, 0.3) is 11.4 Å². The zero-order valence-corrected chi connectivity index (χ0v) is 15.2. The SMILES string of the molecule is O=C(Nc1cccnc1)c1cccc2c1N=C(c1ccc(-c3nn[nH]n3)cc1)C2. The number of aliphatic imine (C=N–C) groups is 1. The molecule has 5 rings (SSSR count). The van der Waals surface area contributed by atoms with Crippen molar-refractivity contribution in [2.24, 2.45) is 4.99 Å². The number of pyridine rings is 1. The molecule has 3 heterocycles. The summed E-state index contributed by atoms with van der Waals surface area (Å²) in [5, 5.41) is 16.9. The number of hydrogen-bond donors (Lipinski definition) is 2. The Hall–Kier alpha value is -4.20. The van der Waals surface area contributed by atoms with E-state index in [0.29, 0.717) is 29.2 Å². The Kier molecular flexibility index (Phi) is 4.14. The number of aromatic amines is 1. The lowest BCUT2D eigenvalue weighted by Gasteiger charge is -2.07. The molecule has 2 N–H and O–H groups in total. The smallest absolute Gasteiger partial charge is 0.257 e. The predicted molar refractivity (Wildman–Crippen MR) is 108 cm³/mol. The molecule has 0 radical (unpaired) electrons. The Balaban J connectivity index is 1.42. The minimum Gasteiger partial charge on any atom is -0.321 e. The summed E-state index contributed by atoms with van der Waals surface area (Å²) in [6.07, 6.45) is 3.95. The van der Waals surface area contributed by atoms with E-state index in [1.807, 2.05) is 36.4 Å². The Bertz CT molecular complexity index is 1200. The Morgan fingerprint density at radius 2 is 1.86 bits per heavy atom. The van der Waals surface area contributed by atoms with Crippen molar-refractivity contribution in [1.82, 2.24) is 25.6 Å². The molecular formula is C21H15N7O. The van der Waals surface area contributed by atoms with E-state index in [2.05, 4.69) is 30.9 Å². The number of para-hydroxylation sites is 1. The molecule has 2 aromatic carbocycles. The third-order valence-electron chi connectivity index (χ3n) is 4.71. The van der Waals surface area contributed by atoms with Crippen molar-refractivity contribution in [2.45, 2.75) is 6.42 Å². The zero-order chi connectivity index (χ0) is 19.6. The summed E-state index contributed by atoms with van der Waals surface area (Å²) in [4.78, 5) is 21.6. The number of nitrogens with one attached hydrogen (secondary N) is 2. The molecule has 29 heavy (non-hydrogen) atoms. The van der Waals surface area contributed by atoms with Crippen molar-refractivity contribution < 1.29 is 4.79 Å². The number of H-pyrrole nitrogens is 1. The number of benzene rings is 2. The summed E-state index contributed by atoms with van der Waals surface area (Å²) in [5.74, 6) is 0.342. The number of anilines is 1. The molecule has 1 aliphatic heterocycles. The second kappa shape index (κ2) is 7.08. The van der Waals surface area contributed by atoms with Crippen LogP contribution in [0.3, 0.4) is 0 Å². The van der Waals surface area contributed by atoms with Crippen molar-refractivity contribution >= 4 is 23.0 Å². The first-order valence-electron chi connectivity index (χ1n) is 9.03. The van der Waals surface area contributed by atoms with Crippen molar-refractivity contribution in [3.63, 3.8) is 0 Å². The molecule has 0 saturated carbocycles. The van der Waals surface area contributed by atoms with Gasteiger partial charge in [0.25, 0.3) is 5.91 Å². The van der Waals surface area contributed by atoms with Crippen molar-refractivity contribution in [3.05, 3.63) is 83.7 Å². The second-order valence-corrected chi connectivity index (χ2v) is 6.56. The number of carbonyl (C=O) groups is 1. The Labute approximate surface area is 165 Å². The summed E-state index contributed by atoms with van der Waals surface area (Å²) in [6.45, 7) is 0. The first-order chi connectivity index (χ1) is 14.3. The summed E-state index contributed by atoms with van der Waals surface area (Å²) in [5.41, 5.74) is 5.72. The summed E-state index contributed by atoms with van der Waals surface area (Å²) in [7, 11) is 0. The van der Waals surface area contributed by atoms with Crippen molar-refractivity contribution in [1.29, 1.82) is 0 Å². The first kappa shape index (κ1) is 16.9. The van der Waals surface area contributed by atoms with E-state index < -0.39 is 0 Å². The number of rotatable bonds is 4. The molecule has 4 aromatic rings. The first-order valence-corrected chi connectivity index (χ1v) is 9.03. The molecular weight excluding hydrogens is 366 g/mol. The van der Waals surface area contributed by atoms with Crippen LogP contribution in [0.1, 0.15) is 21.5 Å². The number of amides is 1. The Morgan fingerprint density at radius 3 is 2.62 bits per heavy atom. The highest BCUT2D eigenvalue weighted by Crippen LogP contribution is 2.33. The number of hydrogen-bond acceptors (Lipinski definition) is 6. The van der Waals surface area contributed by atoms with Gasteiger partial charge in [-0.25, -0.2) is 0 Å². The molecule has 0 fully saturated rings. The molecule has 0 saturated heterocycles. The molecule has 0 aliphatic carbocycles. The summed E-state index contributed by atoms with van der Waals surface area (Å²) >= 11 is 0. The quantitative estimate of drug-likeness (QED) is 0.564. The van der Waals surface area contributed by atoms with Gasteiger partial charge >= 0.3 is 0 Å². The molecule has 1 amide bonds. The minimum absolute atomic E-state index is 0.202. The van der Waals surface area contributed by atoms with Gasteiger partial charge < -0.3 is 5.32 Å². The van der Waals surface area contributed by atoms with Gasteiger partial charge in [-0.15, -0.1) is 10.2 Å². The van der Waals surface area contributed by atoms with Crippen LogP contribution in [0, 0.1) is 0 Å². The number of tetrazole rings is 1. The van der Waals surface area contributed by atoms with Crippen molar-refractivity contribution in [3.8, 4) is 11.4 Å². The second-order valence-electron chi connectivity index (χ2n) is 6.56. The third-order valence-corrected chi connectivity index (χ3v) is 4.71. The van der Waals surface area contributed by atoms with E-state index in [0.717, 1.165) is 22.4 Å². The monoisotopic (exact) mass is 381 g/mol. The van der Waals surface area contributed by atoms with Gasteiger partial charge in [-0.1, -0.05) is 36.4 Å². The molecule has 0 bridgehead atoms. The molecule has 0 unspecified atom stereocenters. The lowest BCUT2D eigenvalue weighted by molar-refractivity contribution is 0.102. The van der Waals surface area contributed by atoms with Gasteiger partial charge in [0.1, 0.15) is 0 Å². The van der Waals surface area contributed by atoms with Gasteiger partial charge in [0.05, 0.1) is 28.8 Å². The van der Waals surface area contributed by atoms with Crippen LogP contribution in [-0.4, -0.2) is 37.2 Å². The molecule has 0 atom stereocenters. The molecule has 140 valence electrons. The van der Waals surface area contributed by atoms with E-state index in [4.69, 9.17) is 4.99 Å². The fourth-order valence-electron chi connectivity index (χ4n) is 3.30. The average molecular weight is 381 g/mol. The fraction of sp³-hybridized carbons (Fsp3) is 0.0476. The molecule has 1 aliphatic rings. The predicted octanol–water partition coefficient (Wildman–Crippen LogP) is 3.19. The summed E-state index contributed by atoms with van der Waals surface area (Å²) < 4.78 is 0. The van der Waals surface area contributed by atoms with Gasteiger partial charge in [0.2, 0.25) is 5.82 Å². The van der Waals surface area contributed by atoms with Crippen LogP contribution < -0.4 is 5.32 Å². The van der Waals surface area contributed by atoms with Crippen LogP contribution >= 0.6 is 0 Å². The largest absolute Gasteiger partial charge is 0.321 e. The topological polar surface area (TPSA) is 109 Å². The average Bonchev–Trinajstić information content (AvgIpc) is 3.44. The highest BCUT2D eigenvalue weighted by molar-refractivity contribution is 6.13. The molecule has 8 heteroatoms. The lowest BCUT2D eigenvalue weighted by atomic mass is 10.0. The number of aromatic nitrogens is 5. The lowest BCUT2D eigenvalue weighted by Crippen LogP contribution is -2.12. The van der Waals surface area contributed by atoms with Crippen LogP contribution in [0.4, 0.5) is 11.4 Å². The van der Waals surface area contributed by atoms with Crippen LogP contribution in [-0.2, 0) is 6.42 Å². The number of fused-ring (bicyclic) bond motifs is 1. The van der Waals surface area contributed by atoms with Crippen LogP contribution in [0.5, 0.6) is 0 Å². The highest BCUT2D eigenvalue weighted by Gasteiger charge is 2.22. The van der Waals surface area contributed by atoms with Gasteiger partial charge in [0, 0.05) is 18.2 Å². The van der Waals surface area contributed by atoms with E-state index >= 15 is 0 Å². The highest BCUT2D eigenvalue weighted by atomic mass is 16.1. The molecule has 2 aromatic heterocycles. The maximum Gasteiger partial charge on any atom is 0.257 e. The molecule has 0 spiro atoms. The Morgan fingerprint density at radius 1 is 1.00 bits per heavy atom. The standard InChI is InChI=1S/C21H15N7O/c29-21(23-16-4-2-10-22-12-16)17-5-1-3-15-11-18(24-19(15)17)13-6-8-14(9-7-13)20-25-27-28-26-20/h1-10,12H,11H2,(H,23,29)(H,25,26,27,28). The van der Waals surface area contributed by atoms with E-state index in [-0.39, 0.29) is 5.91 Å². The van der Waals surface area contributed by atoms with Crippen molar-refractivity contribution in [2.75, 3.05) is 5.32 Å². The van der Waals surface area contributed by atoms with E-state index in [1.54, 1.807) is 30.6 Å². The number of carbonyl (C=O) groups excluding carboxylic acids is 1. The van der Waals surface area contributed by atoms with E-state index in [9.17, 15) is 4.79 Å². The number of nitrogens with zero attached hydrogens (tertiary/aromatic N) is 5. The third kappa shape index (κ3) is 3.27. The van der Waals surface area contributed by atoms with Gasteiger partial charge in [-0.05, 0) is 34.5 Å². The van der Waals surface area contributed by atoms with Crippen LogP contribution in [0.2, 0.25) is 0 Å². The normalized spacial score (nSPS) is 12.3.